The summed E-state index contributed by atoms with van der Waals surface area (Å²) in [6, 6.07) is 10.3. The van der Waals surface area contributed by atoms with E-state index in [1.807, 2.05) is 43.9 Å². The second-order valence-electron chi connectivity index (χ2n) is 8.49. The number of hydrogen-bond acceptors (Lipinski definition) is 4. The average molecular weight is 374 g/mol. The number of carbonyl (C=O) groups excluding carboxylic acids is 2. The van der Waals surface area contributed by atoms with Gasteiger partial charge < -0.3 is 19.3 Å². The minimum absolute atomic E-state index is 0.0864. The van der Waals surface area contributed by atoms with Crippen LogP contribution in [-0.4, -0.2) is 59.9 Å². The van der Waals surface area contributed by atoms with Gasteiger partial charge in [-0.1, -0.05) is 30.3 Å². The van der Waals surface area contributed by atoms with E-state index in [0.717, 1.165) is 12.8 Å². The molecule has 3 rings (SSSR count). The average Bonchev–Trinajstić information content (AvgIpc) is 3.24. The van der Waals surface area contributed by atoms with E-state index in [-0.39, 0.29) is 24.0 Å². The Balaban J connectivity index is 1.50. The summed E-state index contributed by atoms with van der Waals surface area (Å²) >= 11 is 0. The number of likely N-dealkylation sites (tertiary alicyclic amines) is 1. The van der Waals surface area contributed by atoms with Crippen LogP contribution in [0.1, 0.15) is 39.2 Å². The number of carbonyl (C=O) groups is 2. The lowest BCUT2D eigenvalue weighted by atomic mass is 10.0. The molecule has 27 heavy (non-hydrogen) atoms. The van der Waals surface area contributed by atoms with Gasteiger partial charge in [-0.15, -0.1) is 0 Å². The Morgan fingerprint density at radius 1 is 1.22 bits per heavy atom. The van der Waals surface area contributed by atoms with Crippen LogP contribution < -0.4 is 0 Å². The minimum atomic E-state index is -0.497. The van der Waals surface area contributed by atoms with Crippen molar-refractivity contribution < 1.29 is 19.1 Å². The summed E-state index contributed by atoms with van der Waals surface area (Å²) in [6.07, 6.45) is 1.81. The van der Waals surface area contributed by atoms with E-state index in [9.17, 15) is 9.59 Å². The molecule has 0 spiro atoms. The van der Waals surface area contributed by atoms with Gasteiger partial charge in [-0.2, -0.15) is 0 Å². The maximum absolute atomic E-state index is 12.8. The second kappa shape index (κ2) is 8.30. The predicted molar refractivity (Wildman–Crippen MR) is 102 cm³/mol. The van der Waals surface area contributed by atoms with Crippen molar-refractivity contribution in [3.63, 3.8) is 0 Å². The van der Waals surface area contributed by atoms with Gasteiger partial charge in [-0.25, -0.2) is 4.79 Å². The third-order valence-electron chi connectivity index (χ3n) is 5.02. The van der Waals surface area contributed by atoms with Crippen LogP contribution in [0, 0.1) is 5.92 Å². The van der Waals surface area contributed by atoms with Crippen LogP contribution in [-0.2, 0) is 20.7 Å². The number of ether oxygens (including phenoxy) is 2. The number of nitrogens with zero attached hydrogens (tertiary/aromatic N) is 2. The van der Waals surface area contributed by atoms with Crippen LogP contribution in [0.2, 0.25) is 0 Å². The molecule has 6 nitrogen and oxygen atoms in total. The maximum atomic E-state index is 12.8. The Morgan fingerprint density at radius 3 is 2.67 bits per heavy atom. The first kappa shape index (κ1) is 19.7. The molecule has 0 unspecified atom stereocenters. The Labute approximate surface area is 161 Å². The van der Waals surface area contributed by atoms with Crippen molar-refractivity contribution in [3.8, 4) is 0 Å². The summed E-state index contributed by atoms with van der Waals surface area (Å²) in [5.74, 6) is 0.299. The highest BCUT2D eigenvalue weighted by Crippen LogP contribution is 2.24. The van der Waals surface area contributed by atoms with Crippen molar-refractivity contribution in [2.24, 2.45) is 5.92 Å². The van der Waals surface area contributed by atoms with E-state index in [2.05, 4.69) is 12.1 Å². The Morgan fingerprint density at radius 2 is 1.96 bits per heavy atom. The van der Waals surface area contributed by atoms with E-state index in [1.54, 1.807) is 4.90 Å². The molecule has 2 aliphatic rings. The highest BCUT2D eigenvalue weighted by molar-refractivity contribution is 5.77. The highest BCUT2D eigenvalue weighted by atomic mass is 16.6. The maximum Gasteiger partial charge on any atom is 0.410 e. The van der Waals surface area contributed by atoms with Crippen molar-refractivity contribution in [2.75, 3.05) is 26.4 Å². The van der Waals surface area contributed by atoms with Crippen LogP contribution in [0.15, 0.2) is 30.3 Å². The predicted octanol–water partition coefficient (Wildman–Crippen LogP) is 3.06. The standard InChI is InChI=1S/C21H30N2O4/c1-21(2,3)27-20(25)22-10-9-17(13-22)12-19(24)23-15-26-14-18(23)11-16-7-5-4-6-8-16/h4-8,17-18H,9-15H2,1-3H3/t17-,18+/m1/s1. The molecular weight excluding hydrogens is 344 g/mol. The van der Waals surface area contributed by atoms with Crippen molar-refractivity contribution >= 4 is 12.0 Å². The van der Waals surface area contributed by atoms with E-state index < -0.39 is 5.60 Å². The summed E-state index contributed by atoms with van der Waals surface area (Å²) in [6.45, 7) is 7.76. The molecule has 2 atom stereocenters. The van der Waals surface area contributed by atoms with Gasteiger partial charge in [0.1, 0.15) is 12.3 Å². The van der Waals surface area contributed by atoms with E-state index in [4.69, 9.17) is 9.47 Å². The van der Waals surface area contributed by atoms with Gasteiger partial charge in [-0.3, -0.25) is 4.79 Å². The van der Waals surface area contributed by atoms with Crippen molar-refractivity contribution in [3.05, 3.63) is 35.9 Å². The second-order valence-corrected chi connectivity index (χ2v) is 8.49. The lowest BCUT2D eigenvalue weighted by Crippen LogP contribution is -2.39. The molecule has 0 aliphatic carbocycles. The van der Waals surface area contributed by atoms with Gasteiger partial charge in [0.25, 0.3) is 0 Å². The zero-order valence-electron chi connectivity index (χ0n) is 16.5. The third-order valence-corrected chi connectivity index (χ3v) is 5.02. The highest BCUT2D eigenvalue weighted by Gasteiger charge is 2.34. The first-order valence-electron chi connectivity index (χ1n) is 9.71. The van der Waals surface area contributed by atoms with Gasteiger partial charge in [0, 0.05) is 19.5 Å². The third kappa shape index (κ3) is 5.45. The first-order valence-corrected chi connectivity index (χ1v) is 9.71. The van der Waals surface area contributed by atoms with Gasteiger partial charge in [0.15, 0.2) is 0 Å². The smallest absolute Gasteiger partial charge is 0.410 e. The number of rotatable bonds is 4. The molecule has 1 aromatic rings. The zero-order chi connectivity index (χ0) is 19.4. The Hall–Kier alpha value is -2.08. The normalized spacial score (nSPS) is 22.9. The van der Waals surface area contributed by atoms with Crippen molar-refractivity contribution in [1.29, 1.82) is 0 Å². The van der Waals surface area contributed by atoms with Crippen molar-refractivity contribution in [2.45, 2.75) is 51.7 Å². The molecule has 2 aliphatic heterocycles. The molecule has 0 saturated carbocycles. The first-order chi connectivity index (χ1) is 12.8. The van der Waals surface area contributed by atoms with E-state index in [0.29, 0.717) is 32.8 Å². The molecule has 0 N–H and O–H groups in total. The summed E-state index contributed by atoms with van der Waals surface area (Å²) in [7, 11) is 0. The fourth-order valence-electron chi connectivity index (χ4n) is 3.67. The SMILES string of the molecule is CC(C)(C)OC(=O)N1CC[C@H](CC(=O)N2COC[C@@H]2Cc2ccccc2)C1. The molecule has 148 valence electrons. The van der Waals surface area contributed by atoms with Crippen LogP contribution in [0.5, 0.6) is 0 Å². The lowest BCUT2D eigenvalue weighted by Gasteiger charge is -2.25. The molecular formula is C21H30N2O4. The van der Waals surface area contributed by atoms with E-state index in [1.165, 1.54) is 5.56 Å². The zero-order valence-corrected chi connectivity index (χ0v) is 16.5. The van der Waals surface area contributed by atoms with E-state index >= 15 is 0 Å². The largest absolute Gasteiger partial charge is 0.444 e. The number of hydrogen-bond donors (Lipinski definition) is 0. The fraction of sp³-hybridized carbons (Fsp3) is 0.619. The summed E-state index contributed by atoms with van der Waals surface area (Å²) < 4.78 is 11.0. The summed E-state index contributed by atoms with van der Waals surface area (Å²) in [4.78, 5) is 28.6. The van der Waals surface area contributed by atoms with Crippen LogP contribution in [0.4, 0.5) is 4.79 Å². The molecule has 2 fully saturated rings. The van der Waals surface area contributed by atoms with Crippen LogP contribution >= 0.6 is 0 Å². The monoisotopic (exact) mass is 374 g/mol. The molecule has 6 heteroatoms. The quantitative estimate of drug-likeness (QED) is 0.813. The van der Waals surface area contributed by atoms with Crippen LogP contribution in [0.3, 0.4) is 0 Å². The fourth-order valence-corrected chi connectivity index (χ4v) is 3.67. The van der Waals surface area contributed by atoms with Gasteiger partial charge in [0.2, 0.25) is 5.91 Å². The number of benzene rings is 1. The number of amides is 2. The Bertz CT molecular complexity index is 656. The van der Waals surface area contributed by atoms with Crippen LogP contribution in [0.25, 0.3) is 0 Å². The molecule has 1 aromatic carbocycles. The van der Waals surface area contributed by atoms with Crippen molar-refractivity contribution in [1.82, 2.24) is 9.80 Å². The molecule has 2 saturated heterocycles. The van der Waals surface area contributed by atoms with Gasteiger partial charge in [-0.05, 0) is 45.1 Å². The van der Waals surface area contributed by atoms with Gasteiger partial charge >= 0.3 is 6.09 Å². The van der Waals surface area contributed by atoms with Gasteiger partial charge in [0.05, 0.1) is 12.6 Å². The molecule has 2 heterocycles. The minimum Gasteiger partial charge on any atom is -0.444 e. The summed E-state index contributed by atoms with van der Waals surface area (Å²) in [5, 5.41) is 0. The lowest BCUT2D eigenvalue weighted by molar-refractivity contribution is -0.134. The molecule has 0 radical (unpaired) electrons. The molecule has 0 bridgehead atoms. The molecule has 2 amide bonds. The Kier molecular flexibility index (Phi) is 6.05. The molecule has 0 aromatic heterocycles. The topological polar surface area (TPSA) is 59.1 Å². The summed E-state index contributed by atoms with van der Waals surface area (Å²) in [5.41, 5.74) is 0.713.